The molecule has 1 N–H and O–H groups in total. The Hall–Kier alpha value is -3.17. The Morgan fingerprint density at radius 2 is 1.79 bits per heavy atom. The van der Waals surface area contributed by atoms with Gasteiger partial charge in [0.15, 0.2) is 0 Å². The van der Waals surface area contributed by atoms with Crippen LogP contribution in [0.15, 0.2) is 48.6 Å². The summed E-state index contributed by atoms with van der Waals surface area (Å²) in [4.78, 5) is 47.3. The van der Waals surface area contributed by atoms with Crippen molar-refractivity contribution in [2.45, 2.75) is 50.4 Å². The Morgan fingerprint density at radius 3 is 2.50 bits per heavy atom. The van der Waals surface area contributed by atoms with E-state index in [0.717, 1.165) is 12.8 Å². The number of ether oxygens (including phenoxy) is 2. The van der Waals surface area contributed by atoms with Crippen molar-refractivity contribution in [3.63, 3.8) is 0 Å². The standard InChI is InChI=1S/C29H37N3O6/c1-3-15-30-16-7-9-22-23(26(30)34)24-27(35)32(17-5-4-6-19-33)25-28(36)31(18-8-14-29(24,25)38-22)20-10-12-21(37-2)13-11-20/h7-14,22-25,33H,3-6,15-19H2,1-2H3/t22-,23+,24+,25?,29+/m1/s1. The maximum absolute atomic E-state index is 14.3. The fraction of sp³-hybridized carbons (Fsp3) is 0.552. The number of unbranched alkanes of at least 4 members (excludes halogenated alkanes) is 2. The number of aliphatic hydroxyl groups is 1. The molecule has 0 aliphatic carbocycles. The zero-order valence-electron chi connectivity index (χ0n) is 22.1. The minimum absolute atomic E-state index is 0.0812. The van der Waals surface area contributed by atoms with Gasteiger partial charge in [-0.05, 0) is 49.9 Å². The predicted octanol–water partition coefficient (Wildman–Crippen LogP) is 2.15. The summed E-state index contributed by atoms with van der Waals surface area (Å²) in [6.07, 6.45) is 9.85. The Labute approximate surface area is 223 Å². The lowest BCUT2D eigenvalue weighted by atomic mass is 9.77. The van der Waals surface area contributed by atoms with Gasteiger partial charge in [0.25, 0.3) is 5.91 Å². The summed E-state index contributed by atoms with van der Waals surface area (Å²) >= 11 is 0. The van der Waals surface area contributed by atoms with Gasteiger partial charge in [-0.3, -0.25) is 14.4 Å². The van der Waals surface area contributed by atoms with Gasteiger partial charge >= 0.3 is 0 Å². The maximum atomic E-state index is 14.3. The number of carbonyl (C=O) groups is 3. The molecule has 2 fully saturated rings. The van der Waals surface area contributed by atoms with E-state index in [0.29, 0.717) is 50.5 Å². The van der Waals surface area contributed by atoms with Crippen LogP contribution in [0, 0.1) is 11.8 Å². The molecule has 3 amide bonds. The van der Waals surface area contributed by atoms with E-state index >= 15 is 0 Å². The molecule has 9 heteroatoms. The quantitative estimate of drug-likeness (QED) is 0.393. The van der Waals surface area contributed by atoms with Gasteiger partial charge in [-0.25, -0.2) is 0 Å². The van der Waals surface area contributed by atoms with Crippen LogP contribution in [0.1, 0.15) is 32.6 Å². The summed E-state index contributed by atoms with van der Waals surface area (Å²) in [5.41, 5.74) is -0.525. The van der Waals surface area contributed by atoms with Gasteiger partial charge in [-0.15, -0.1) is 0 Å². The smallest absolute Gasteiger partial charge is 0.253 e. The van der Waals surface area contributed by atoms with E-state index in [1.807, 2.05) is 43.4 Å². The van der Waals surface area contributed by atoms with Gasteiger partial charge in [-0.2, -0.15) is 0 Å². The molecule has 0 radical (unpaired) electrons. The number of fused-ring (bicyclic) bond motifs is 2. The van der Waals surface area contributed by atoms with Gasteiger partial charge in [0.2, 0.25) is 11.8 Å². The Bertz CT molecular complexity index is 1120. The number of methoxy groups -OCH3 is 1. The molecule has 0 saturated carbocycles. The lowest BCUT2D eigenvalue weighted by Crippen LogP contribution is -2.55. The second-order valence-electron chi connectivity index (χ2n) is 10.4. The Morgan fingerprint density at radius 1 is 1.00 bits per heavy atom. The van der Waals surface area contributed by atoms with Crippen LogP contribution in [0.4, 0.5) is 5.69 Å². The van der Waals surface area contributed by atoms with Crippen molar-refractivity contribution < 1.29 is 29.0 Å². The van der Waals surface area contributed by atoms with E-state index < -0.39 is 29.6 Å². The first-order chi connectivity index (χ1) is 18.5. The van der Waals surface area contributed by atoms with Crippen LogP contribution in [0.3, 0.4) is 0 Å². The van der Waals surface area contributed by atoms with E-state index in [2.05, 4.69) is 0 Å². The highest BCUT2D eigenvalue weighted by molar-refractivity contribution is 6.05. The molecule has 9 nitrogen and oxygen atoms in total. The second-order valence-corrected chi connectivity index (χ2v) is 10.4. The first kappa shape index (κ1) is 26.4. The maximum Gasteiger partial charge on any atom is 0.253 e. The van der Waals surface area contributed by atoms with Crippen LogP contribution in [-0.2, 0) is 19.1 Å². The fourth-order valence-electron chi connectivity index (χ4n) is 6.46. The molecule has 0 aromatic heterocycles. The average Bonchev–Trinajstić information content (AvgIpc) is 3.24. The molecule has 4 aliphatic heterocycles. The molecule has 38 heavy (non-hydrogen) atoms. The molecule has 0 bridgehead atoms. The van der Waals surface area contributed by atoms with Gasteiger partial charge in [0.05, 0.1) is 25.0 Å². The fourth-order valence-corrected chi connectivity index (χ4v) is 6.46. The number of aliphatic hydroxyl groups excluding tert-OH is 1. The van der Waals surface area contributed by atoms with Gasteiger partial charge in [0.1, 0.15) is 17.4 Å². The molecule has 1 spiro atoms. The molecule has 1 unspecified atom stereocenters. The highest BCUT2D eigenvalue weighted by atomic mass is 16.5. The van der Waals surface area contributed by atoms with Crippen molar-refractivity contribution in [2.24, 2.45) is 11.8 Å². The van der Waals surface area contributed by atoms with Crippen LogP contribution in [0.25, 0.3) is 0 Å². The predicted molar refractivity (Wildman–Crippen MR) is 142 cm³/mol. The van der Waals surface area contributed by atoms with E-state index in [1.54, 1.807) is 33.9 Å². The lowest BCUT2D eigenvalue weighted by Gasteiger charge is -2.35. The molecule has 1 aromatic carbocycles. The number of hydrogen-bond acceptors (Lipinski definition) is 6. The van der Waals surface area contributed by atoms with Crippen molar-refractivity contribution in [3.05, 3.63) is 48.6 Å². The van der Waals surface area contributed by atoms with Gasteiger partial charge < -0.3 is 29.3 Å². The molecule has 5 atom stereocenters. The molecular formula is C29H37N3O6. The minimum Gasteiger partial charge on any atom is -0.497 e. The molecule has 5 rings (SSSR count). The Kier molecular flexibility index (Phi) is 7.59. The number of nitrogens with zero attached hydrogens (tertiary/aromatic N) is 3. The zero-order valence-corrected chi connectivity index (χ0v) is 22.1. The number of rotatable bonds is 9. The monoisotopic (exact) mass is 523 g/mol. The topological polar surface area (TPSA) is 99.6 Å². The van der Waals surface area contributed by atoms with Crippen molar-refractivity contribution >= 4 is 23.4 Å². The molecule has 1 aromatic rings. The summed E-state index contributed by atoms with van der Waals surface area (Å²) in [6.45, 7) is 3.89. The van der Waals surface area contributed by atoms with E-state index in [4.69, 9.17) is 9.47 Å². The number of carbonyl (C=O) groups excluding carboxylic acids is 3. The third-order valence-corrected chi connectivity index (χ3v) is 8.18. The largest absolute Gasteiger partial charge is 0.497 e. The average molecular weight is 524 g/mol. The molecule has 2 saturated heterocycles. The molecule has 4 heterocycles. The van der Waals surface area contributed by atoms with Gasteiger partial charge in [-0.1, -0.05) is 31.2 Å². The van der Waals surface area contributed by atoms with Crippen LogP contribution >= 0.6 is 0 Å². The summed E-state index contributed by atoms with van der Waals surface area (Å²) in [5, 5.41) is 9.23. The normalized spacial score (nSPS) is 30.3. The zero-order chi connectivity index (χ0) is 26.9. The van der Waals surface area contributed by atoms with Crippen LogP contribution in [0.2, 0.25) is 0 Å². The number of anilines is 1. The third-order valence-electron chi connectivity index (χ3n) is 8.18. The summed E-state index contributed by atoms with van der Waals surface area (Å²) in [5.74, 6) is -1.29. The first-order valence-electron chi connectivity index (χ1n) is 13.6. The third kappa shape index (κ3) is 4.31. The second kappa shape index (κ2) is 10.9. The molecular weight excluding hydrogens is 486 g/mol. The highest BCUT2D eigenvalue weighted by Gasteiger charge is 2.71. The van der Waals surface area contributed by atoms with Crippen molar-refractivity contribution in [2.75, 3.05) is 44.8 Å². The highest BCUT2D eigenvalue weighted by Crippen LogP contribution is 2.53. The summed E-state index contributed by atoms with van der Waals surface area (Å²) < 4.78 is 11.9. The van der Waals surface area contributed by atoms with Crippen molar-refractivity contribution in [1.29, 1.82) is 0 Å². The SMILES string of the molecule is CCCN1CC=C[C@H]2O[C@]34C=CCN(c5ccc(OC)cc5)C(=O)C3N(CCCCCO)C(=O)[C@@H]4[C@H]2C1=O. The number of amides is 3. The van der Waals surface area contributed by atoms with Crippen LogP contribution in [0.5, 0.6) is 5.75 Å². The van der Waals surface area contributed by atoms with Crippen LogP contribution in [-0.4, -0.2) is 90.3 Å². The van der Waals surface area contributed by atoms with Crippen molar-refractivity contribution in [3.8, 4) is 5.75 Å². The van der Waals surface area contributed by atoms with E-state index in [-0.39, 0.29) is 24.3 Å². The first-order valence-corrected chi connectivity index (χ1v) is 13.6. The van der Waals surface area contributed by atoms with E-state index in [1.165, 1.54) is 0 Å². The van der Waals surface area contributed by atoms with Crippen LogP contribution < -0.4 is 9.64 Å². The van der Waals surface area contributed by atoms with Crippen molar-refractivity contribution in [1.82, 2.24) is 9.80 Å². The number of likely N-dealkylation sites (tertiary alicyclic amines) is 1. The van der Waals surface area contributed by atoms with Gasteiger partial charge in [0, 0.05) is 38.5 Å². The molecule has 204 valence electrons. The minimum atomic E-state index is -1.23. The lowest BCUT2D eigenvalue weighted by molar-refractivity contribution is -0.144. The molecule has 4 aliphatic rings. The Balaban J connectivity index is 1.54. The number of benzene rings is 1. The van der Waals surface area contributed by atoms with E-state index in [9.17, 15) is 19.5 Å². The summed E-state index contributed by atoms with van der Waals surface area (Å²) in [6, 6.07) is 6.38. The summed E-state index contributed by atoms with van der Waals surface area (Å²) in [7, 11) is 1.59. The number of hydrogen-bond donors (Lipinski definition) is 1.